The Kier molecular flexibility index (Phi) is 6.04. The number of carbonyl (C=O) groups is 1. The van der Waals surface area contributed by atoms with Gasteiger partial charge in [0.15, 0.2) is 5.82 Å². The Labute approximate surface area is 140 Å². The van der Waals surface area contributed by atoms with E-state index in [1.165, 1.54) is 22.0 Å². The molecule has 1 aromatic carbocycles. The predicted octanol–water partition coefficient (Wildman–Crippen LogP) is 2.36. The fourth-order valence-corrected chi connectivity index (χ4v) is 2.89. The molecule has 0 radical (unpaired) electrons. The number of nitrogens with two attached hydrogens (primary N) is 1. The lowest BCUT2D eigenvalue weighted by atomic mass is 10.1. The van der Waals surface area contributed by atoms with Crippen LogP contribution >= 0.6 is 11.8 Å². The van der Waals surface area contributed by atoms with Gasteiger partial charge in [0, 0.05) is 11.6 Å². The number of aryl methyl sites for hydroxylation is 1. The number of hydrogen-bond acceptors (Lipinski definition) is 5. The second kappa shape index (κ2) is 8.01. The molecule has 0 unspecified atom stereocenters. The topological polar surface area (TPSA) is 85.8 Å². The van der Waals surface area contributed by atoms with Crippen LogP contribution in [-0.4, -0.2) is 32.6 Å². The molecular weight excluding hydrogens is 310 g/mol. The summed E-state index contributed by atoms with van der Waals surface area (Å²) in [5.41, 5.74) is 2.07. The molecule has 1 heterocycles. The lowest BCUT2D eigenvalue weighted by Crippen LogP contribution is -2.33. The highest BCUT2D eigenvalue weighted by molar-refractivity contribution is 7.99. The Morgan fingerprint density at radius 3 is 2.70 bits per heavy atom. The highest BCUT2D eigenvalue weighted by Gasteiger charge is 2.14. The number of thioether (sulfide) groups is 1. The largest absolute Gasteiger partial charge is 0.353 e. The van der Waals surface area contributed by atoms with Crippen LogP contribution in [0.3, 0.4) is 0 Å². The van der Waals surface area contributed by atoms with Crippen LogP contribution in [0.1, 0.15) is 32.3 Å². The third kappa shape index (κ3) is 4.72. The van der Waals surface area contributed by atoms with E-state index in [2.05, 4.69) is 22.4 Å². The highest BCUT2D eigenvalue weighted by Crippen LogP contribution is 2.21. The SMILES string of the molecule is CCC[C@H](C)NC(=O)CSc1nnc(-c2ccc(C)cc2)n1N. The minimum Gasteiger partial charge on any atom is -0.353 e. The van der Waals surface area contributed by atoms with Crippen LogP contribution in [-0.2, 0) is 4.79 Å². The monoisotopic (exact) mass is 333 g/mol. The van der Waals surface area contributed by atoms with Crippen molar-refractivity contribution >= 4 is 17.7 Å². The zero-order chi connectivity index (χ0) is 16.8. The van der Waals surface area contributed by atoms with Gasteiger partial charge in [-0.15, -0.1) is 10.2 Å². The van der Waals surface area contributed by atoms with Gasteiger partial charge in [-0.25, -0.2) is 4.68 Å². The molecule has 0 aliphatic heterocycles. The van der Waals surface area contributed by atoms with Crippen molar-refractivity contribution in [2.45, 2.75) is 44.8 Å². The molecule has 3 N–H and O–H groups in total. The summed E-state index contributed by atoms with van der Waals surface area (Å²) in [5, 5.41) is 11.7. The van der Waals surface area contributed by atoms with Gasteiger partial charge in [0.25, 0.3) is 0 Å². The molecule has 0 saturated carbocycles. The Morgan fingerprint density at radius 2 is 2.04 bits per heavy atom. The van der Waals surface area contributed by atoms with E-state index in [9.17, 15) is 4.79 Å². The Balaban J connectivity index is 1.97. The lowest BCUT2D eigenvalue weighted by molar-refractivity contribution is -0.119. The van der Waals surface area contributed by atoms with Gasteiger partial charge in [-0.05, 0) is 20.3 Å². The number of carbonyl (C=O) groups excluding carboxylic acids is 1. The van der Waals surface area contributed by atoms with Gasteiger partial charge in [0.1, 0.15) is 0 Å². The zero-order valence-electron chi connectivity index (χ0n) is 13.7. The third-order valence-electron chi connectivity index (χ3n) is 3.44. The van der Waals surface area contributed by atoms with Crippen molar-refractivity contribution in [3.8, 4) is 11.4 Å². The van der Waals surface area contributed by atoms with Gasteiger partial charge in [-0.1, -0.05) is 54.9 Å². The van der Waals surface area contributed by atoms with Crippen molar-refractivity contribution in [2.24, 2.45) is 0 Å². The number of hydrogen-bond donors (Lipinski definition) is 2. The van der Waals surface area contributed by atoms with Gasteiger partial charge in [-0.2, -0.15) is 0 Å². The summed E-state index contributed by atoms with van der Waals surface area (Å²) in [4.78, 5) is 11.9. The molecule has 23 heavy (non-hydrogen) atoms. The molecule has 6 nitrogen and oxygen atoms in total. The van der Waals surface area contributed by atoms with E-state index in [0.717, 1.165) is 18.4 Å². The fraction of sp³-hybridized carbons (Fsp3) is 0.438. The van der Waals surface area contributed by atoms with Crippen molar-refractivity contribution in [2.75, 3.05) is 11.6 Å². The molecule has 1 atom stereocenters. The van der Waals surface area contributed by atoms with Crippen LogP contribution in [0.4, 0.5) is 0 Å². The number of nitrogens with zero attached hydrogens (tertiary/aromatic N) is 3. The number of aromatic nitrogens is 3. The Morgan fingerprint density at radius 1 is 1.35 bits per heavy atom. The third-order valence-corrected chi connectivity index (χ3v) is 4.38. The Hall–Kier alpha value is -2.02. The van der Waals surface area contributed by atoms with E-state index in [0.29, 0.717) is 11.0 Å². The summed E-state index contributed by atoms with van der Waals surface area (Å²) < 4.78 is 1.43. The molecule has 124 valence electrons. The Bertz CT molecular complexity index is 653. The van der Waals surface area contributed by atoms with E-state index in [-0.39, 0.29) is 17.7 Å². The van der Waals surface area contributed by atoms with Gasteiger partial charge in [0.05, 0.1) is 5.75 Å². The molecule has 0 spiro atoms. The van der Waals surface area contributed by atoms with Crippen LogP contribution in [0.15, 0.2) is 29.4 Å². The average molecular weight is 333 g/mol. The summed E-state index contributed by atoms with van der Waals surface area (Å²) in [6.07, 6.45) is 2.02. The number of rotatable bonds is 7. The van der Waals surface area contributed by atoms with E-state index in [1.54, 1.807) is 0 Å². The fourth-order valence-electron chi connectivity index (χ4n) is 2.23. The normalized spacial score (nSPS) is 12.1. The summed E-state index contributed by atoms with van der Waals surface area (Å²) in [6, 6.07) is 8.10. The summed E-state index contributed by atoms with van der Waals surface area (Å²) >= 11 is 1.29. The van der Waals surface area contributed by atoms with Crippen LogP contribution in [0.5, 0.6) is 0 Å². The van der Waals surface area contributed by atoms with Crippen LogP contribution < -0.4 is 11.2 Å². The number of nitrogens with one attached hydrogen (secondary N) is 1. The molecule has 2 aromatic rings. The first kappa shape index (κ1) is 17.3. The van der Waals surface area contributed by atoms with E-state index >= 15 is 0 Å². The van der Waals surface area contributed by atoms with Gasteiger partial charge in [0.2, 0.25) is 11.1 Å². The van der Waals surface area contributed by atoms with Crippen molar-refractivity contribution in [1.29, 1.82) is 0 Å². The minimum atomic E-state index is -0.0177. The zero-order valence-corrected chi connectivity index (χ0v) is 14.6. The van der Waals surface area contributed by atoms with Crippen molar-refractivity contribution < 1.29 is 4.79 Å². The summed E-state index contributed by atoms with van der Waals surface area (Å²) in [6.45, 7) is 6.13. The first-order valence-electron chi connectivity index (χ1n) is 7.71. The number of nitrogen functional groups attached to an aromatic ring is 1. The molecule has 0 bridgehead atoms. The van der Waals surface area contributed by atoms with Gasteiger partial charge in [-0.3, -0.25) is 4.79 Å². The standard InChI is InChI=1S/C16H23N5OS/c1-4-5-12(3)18-14(22)10-23-16-20-19-15(21(16)17)13-8-6-11(2)7-9-13/h6-9,12H,4-5,10,17H2,1-3H3,(H,18,22)/t12-/m0/s1. The van der Waals surface area contributed by atoms with Crippen LogP contribution in [0, 0.1) is 6.92 Å². The highest BCUT2D eigenvalue weighted by atomic mass is 32.2. The molecular formula is C16H23N5OS. The second-order valence-corrected chi connectivity index (χ2v) is 6.53. The van der Waals surface area contributed by atoms with E-state index in [1.807, 2.05) is 38.1 Å². The minimum absolute atomic E-state index is 0.0177. The maximum atomic E-state index is 11.9. The van der Waals surface area contributed by atoms with E-state index < -0.39 is 0 Å². The molecule has 1 aromatic heterocycles. The first-order valence-corrected chi connectivity index (χ1v) is 8.69. The van der Waals surface area contributed by atoms with Crippen molar-refractivity contribution in [3.05, 3.63) is 29.8 Å². The number of amides is 1. The number of benzene rings is 1. The molecule has 0 aliphatic carbocycles. The van der Waals surface area contributed by atoms with Gasteiger partial charge >= 0.3 is 0 Å². The maximum Gasteiger partial charge on any atom is 0.230 e. The van der Waals surface area contributed by atoms with Crippen LogP contribution in [0.25, 0.3) is 11.4 Å². The molecule has 2 rings (SSSR count). The average Bonchev–Trinajstić information content (AvgIpc) is 2.87. The maximum absolute atomic E-state index is 11.9. The lowest BCUT2D eigenvalue weighted by Gasteiger charge is -2.12. The quantitative estimate of drug-likeness (QED) is 0.600. The van der Waals surface area contributed by atoms with Crippen molar-refractivity contribution in [1.82, 2.24) is 20.2 Å². The van der Waals surface area contributed by atoms with Crippen LogP contribution in [0.2, 0.25) is 0 Å². The second-order valence-electron chi connectivity index (χ2n) is 5.59. The predicted molar refractivity (Wildman–Crippen MR) is 93.6 cm³/mol. The molecule has 1 amide bonds. The molecule has 0 aliphatic rings. The van der Waals surface area contributed by atoms with Crippen molar-refractivity contribution in [3.63, 3.8) is 0 Å². The summed E-state index contributed by atoms with van der Waals surface area (Å²) in [7, 11) is 0. The molecule has 7 heteroatoms. The molecule has 0 saturated heterocycles. The van der Waals surface area contributed by atoms with Gasteiger partial charge < -0.3 is 11.2 Å². The van der Waals surface area contributed by atoms with E-state index in [4.69, 9.17) is 5.84 Å². The first-order chi connectivity index (χ1) is 11.0. The smallest absolute Gasteiger partial charge is 0.230 e. The molecule has 0 fully saturated rings. The summed E-state index contributed by atoms with van der Waals surface area (Å²) in [5.74, 6) is 6.90.